The van der Waals surface area contributed by atoms with Crippen LogP contribution in [0.3, 0.4) is 0 Å². The van der Waals surface area contributed by atoms with Crippen LogP contribution in [0.25, 0.3) is 0 Å². The minimum absolute atomic E-state index is 0.0143. The molecule has 0 saturated carbocycles. The van der Waals surface area contributed by atoms with E-state index in [4.69, 9.17) is 5.11 Å². The van der Waals surface area contributed by atoms with Gasteiger partial charge in [0.25, 0.3) is 5.91 Å². The van der Waals surface area contributed by atoms with Gasteiger partial charge in [-0.05, 0) is 44.5 Å². The summed E-state index contributed by atoms with van der Waals surface area (Å²) in [4.78, 5) is 25.8. The Balaban J connectivity index is 2.22. The number of carboxylic acids is 1. The van der Waals surface area contributed by atoms with Crippen molar-refractivity contribution >= 4 is 23.2 Å². The predicted molar refractivity (Wildman–Crippen MR) is 83.1 cm³/mol. The lowest BCUT2D eigenvalue weighted by Gasteiger charge is -2.15. The Kier molecular flexibility index (Phi) is 4.43. The van der Waals surface area contributed by atoms with Crippen molar-refractivity contribution in [2.24, 2.45) is 0 Å². The molecule has 1 amide bonds. The van der Waals surface area contributed by atoms with Gasteiger partial charge in [-0.2, -0.15) is 0 Å². The molecule has 2 N–H and O–H groups in total. The van der Waals surface area contributed by atoms with Crippen molar-refractivity contribution in [3.05, 3.63) is 56.8 Å². The van der Waals surface area contributed by atoms with Crippen molar-refractivity contribution in [3.63, 3.8) is 0 Å². The van der Waals surface area contributed by atoms with Crippen molar-refractivity contribution in [1.82, 2.24) is 5.32 Å². The first kappa shape index (κ1) is 15.3. The molecule has 5 heteroatoms. The summed E-state index contributed by atoms with van der Waals surface area (Å²) >= 11 is 1.68. The molecular weight excluding hydrogens is 286 g/mol. The highest BCUT2D eigenvalue weighted by Gasteiger charge is 2.19. The number of amides is 1. The molecule has 1 aromatic heterocycles. The van der Waals surface area contributed by atoms with Crippen LogP contribution in [0.2, 0.25) is 0 Å². The molecule has 4 nitrogen and oxygen atoms in total. The quantitative estimate of drug-likeness (QED) is 0.907. The lowest BCUT2D eigenvalue weighted by molar-refractivity contribution is 0.0690. The smallest absolute Gasteiger partial charge is 0.336 e. The van der Waals surface area contributed by atoms with Crippen LogP contribution in [0.4, 0.5) is 0 Å². The minimum atomic E-state index is -1.10. The third-order valence-electron chi connectivity index (χ3n) is 3.30. The normalized spacial score (nSPS) is 12.0. The first-order chi connectivity index (χ1) is 9.90. The molecular formula is C16H17NO3S. The van der Waals surface area contributed by atoms with Crippen LogP contribution in [0, 0.1) is 13.8 Å². The molecule has 1 heterocycles. The van der Waals surface area contributed by atoms with E-state index in [-0.39, 0.29) is 23.1 Å². The van der Waals surface area contributed by atoms with E-state index in [1.807, 2.05) is 26.8 Å². The molecule has 0 radical (unpaired) electrons. The van der Waals surface area contributed by atoms with Gasteiger partial charge < -0.3 is 10.4 Å². The Bertz CT molecular complexity index is 691. The van der Waals surface area contributed by atoms with Crippen molar-refractivity contribution in [2.45, 2.75) is 26.8 Å². The van der Waals surface area contributed by atoms with E-state index < -0.39 is 5.97 Å². The van der Waals surface area contributed by atoms with Gasteiger partial charge in [-0.3, -0.25) is 4.79 Å². The number of aryl methyl sites for hydroxylation is 2. The fourth-order valence-electron chi connectivity index (χ4n) is 2.30. The molecule has 0 bridgehead atoms. The average Bonchev–Trinajstić information content (AvgIpc) is 2.77. The minimum Gasteiger partial charge on any atom is -0.478 e. The zero-order chi connectivity index (χ0) is 15.6. The van der Waals surface area contributed by atoms with E-state index in [1.54, 1.807) is 23.5 Å². The second-order valence-corrected chi connectivity index (χ2v) is 6.37. The number of aromatic carboxylic acids is 1. The summed E-state index contributed by atoms with van der Waals surface area (Å²) in [5.74, 6) is -1.47. The zero-order valence-corrected chi connectivity index (χ0v) is 13.0. The maximum atomic E-state index is 12.3. The number of hydrogen-bond donors (Lipinski definition) is 2. The van der Waals surface area contributed by atoms with Crippen molar-refractivity contribution in [1.29, 1.82) is 0 Å². The summed E-state index contributed by atoms with van der Waals surface area (Å²) in [6.45, 7) is 5.94. The maximum absolute atomic E-state index is 12.3. The largest absolute Gasteiger partial charge is 0.478 e. The monoisotopic (exact) mass is 303 g/mol. The topological polar surface area (TPSA) is 66.4 Å². The fraction of sp³-hybridized carbons (Fsp3) is 0.250. The molecule has 21 heavy (non-hydrogen) atoms. The Morgan fingerprint density at radius 2 is 1.81 bits per heavy atom. The fourth-order valence-corrected chi connectivity index (χ4v) is 3.32. The first-order valence-corrected chi connectivity index (χ1v) is 7.42. The molecule has 0 saturated heterocycles. The van der Waals surface area contributed by atoms with Gasteiger partial charge in [-0.1, -0.05) is 12.1 Å². The van der Waals surface area contributed by atoms with Crippen molar-refractivity contribution in [3.8, 4) is 0 Å². The maximum Gasteiger partial charge on any atom is 0.336 e. The van der Waals surface area contributed by atoms with Crippen molar-refractivity contribution < 1.29 is 14.7 Å². The molecule has 1 atom stereocenters. The molecule has 0 aliphatic rings. The molecule has 2 aromatic rings. The second kappa shape index (κ2) is 6.10. The van der Waals surface area contributed by atoms with E-state index in [1.165, 1.54) is 17.0 Å². The number of nitrogens with one attached hydrogen (secondary N) is 1. The summed E-state index contributed by atoms with van der Waals surface area (Å²) in [6.07, 6.45) is 0. The summed E-state index contributed by atoms with van der Waals surface area (Å²) < 4.78 is 0. The highest BCUT2D eigenvalue weighted by molar-refractivity contribution is 7.12. The lowest BCUT2D eigenvalue weighted by Crippen LogP contribution is -2.28. The van der Waals surface area contributed by atoms with Gasteiger partial charge >= 0.3 is 5.97 Å². The standard InChI is InChI=1S/C16H17NO3S/c1-9-8-14(11(3)21-9)10(2)17-15(18)12-6-4-5-7-13(12)16(19)20/h4-8,10H,1-3H3,(H,17,18)(H,19,20). The van der Waals surface area contributed by atoms with E-state index in [2.05, 4.69) is 5.32 Å². The average molecular weight is 303 g/mol. The highest BCUT2D eigenvalue weighted by atomic mass is 32.1. The van der Waals surface area contributed by atoms with Gasteiger partial charge in [-0.25, -0.2) is 4.79 Å². The molecule has 0 spiro atoms. The molecule has 0 aliphatic heterocycles. The van der Waals surface area contributed by atoms with Gasteiger partial charge in [0.1, 0.15) is 0 Å². The number of thiophene rings is 1. The molecule has 110 valence electrons. The SMILES string of the molecule is Cc1cc(C(C)NC(=O)c2ccccc2C(=O)O)c(C)s1. The number of hydrogen-bond acceptors (Lipinski definition) is 3. The molecule has 1 unspecified atom stereocenters. The highest BCUT2D eigenvalue weighted by Crippen LogP contribution is 2.26. The van der Waals surface area contributed by atoms with Gasteiger partial charge in [-0.15, -0.1) is 11.3 Å². The van der Waals surface area contributed by atoms with Crippen LogP contribution in [0.1, 0.15) is 49.0 Å². The number of carbonyl (C=O) groups excluding carboxylic acids is 1. The Morgan fingerprint density at radius 3 is 2.33 bits per heavy atom. The van der Waals surface area contributed by atoms with E-state index in [0.717, 1.165) is 10.4 Å². The van der Waals surface area contributed by atoms with Crippen LogP contribution in [-0.4, -0.2) is 17.0 Å². The van der Waals surface area contributed by atoms with Gasteiger partial charge in [0.15, 0.2) is 0 Å². The van der Waals surface area contributed by atoms with Crippen LogP contribution in [-0.2, 0) is 0 Å². The van der Waals surface area contributed by atoms with E-state index in [0.29, 0.717) is 0 Å². The molecule has 0 fully saturated rings. The number of carboxylic acid groups (broad SMARTS) is 1. The number of carbonyl (C=O) groups is 2. The Morgan fingerprint density at radius 1 is 1.19 bits per heavy atom. The van der Waals surface area contributed by atoms with Crippen LogP contribution < -0.4 is 5.32 Å². The van der Waals surface area contributed by atoms with E-state index in [9.17, 15) is 9.59 Å². The Labute approximate surface area is 127 Å². The third-order valence-corrected chi connectivity index (χ3v) is 4.28. The van der Waals surface area contributed by atoms with E-state index >= 15 is 0 Å². The van der Waals surface area contributed by atoms with Crippen LogP contribution in [0.15, 0.2) is 30.3 Å². The third kappa shape index (κ3) is 3.31. The molecule has 2 rings (SSSR count). The summed E-state index contributed by atoms with van der Waals surface area (Å²) in [7, 11) is 0. The Hall–Kier alpha value is -2.14. The summed E-state index contributed by atoms with van der Waals surface area (Å²) in [5, 5.41) is 12.0. The summed E-state index contributed by atoms with van der Waals surface area (Å²) in [6, 6.07) is 8.11. The molecule has 1 aromatic carbocycles. The zero-order valence-electron chi connectivity index (χ0n) is 12.1. The van der Waals surface area contributed by atoms with Gasteiger partial charge in [0.2, 0.25) is 0 Å². The number of benzene rings is 1. The summed E-state index contributed by atoms with van der Waals surface area (Å²) in [5.41, 5.74) is 1.26. The van der Waals surface area contributed by atoms with Gasteiger partial charge in [0, 0.05) is 9.75 Å². The van der Waals surface area contributed by atoms with Crippen LogP contribution >= 0.6 is 11.3 Å². The second-order valence-electron chi connectivity index (χ2n) is 4.91. The predicted octanol–water partition coefficient (Wildman–Crippen LogP) is 3.55. The number of rotatable bonds is 4. The lowest BCUT2D eigenvalue weighted by atomic mass is 10.1. The van der Waals surface area contributed by atoms with Crippen LogP contribution in [0.5, 0.6) is 0 Å². The first-order valence-electron chi connectivity index (χ1n) is 6.60. The van der Waals surface area contributed by atoms with Crippen molar-refractivity contribution in [2.75, 3.05) is 0 Å². The molecule has 0 aliphatic carbocycles. The van der Waals surface area contributed by atoms with Gasteiger partial charge in [0.05, 0.1) is 17.2 Å².